The molecule has 86 valence electrons. The molecule has 1 amide bonds. The number of thiazole rings is 1. The molecule has 0 saturated heterocycles. The molecular weight excluding hydrogens is 236 g/mol. The summed E-state index contributed by atoms with van der Waals surface area (Å²) in [5, 5.41) is 5.41. The van der Waals surface area contributed by atoms with E-state index in [1.54, 1.807) is 7.11 Å². The van der Waals surface area contributed by atoms with Crippen molar-refractivity contribution in [3.8, 4) is 16.5 Å². The van der Waals surface area contributed by atoms with Crippen molar-refractivity contribution in [2.45, 2.75) is 6.42 Å². The second-order valence-electron chi connectivity index (χ2n) is 3.80. The largest absolute Gasteiger partial charge is 0.473 e. The van der Waals surface area contributed by atoms with E-state index in [4.69, 9.17) is 4.74 Å². The van der Waals surface area contributed by atoms with Crippen LogP contribution in [0.4, 0.5) is 5.69 Å². The van der Waals surface area contributed by atoms with E-state index in [0.29, 0.717) is 11.6 Å². The summed E-state index contributed by atoms with van der Waals surface area (Å²) in [5.41, 5.74) is 3.83. The smallest absolute Gasteiger partial charge is 0.273 e. The first-order valence-electron chi connectivity index (χ1n) is 5.19. The van der Waals surface area contributed by atoms with E-state index in [-0.39, 0.29) is 5.91 Å². The van der Waals surface area contributed by atoms with Gasteiger partial charge in [0, 0.05) is 16.6 Å². The number of hydrogen-bond acceptors (Lipinski definition) is 4. The predicted molar refractivity (Wildman–Crippen MR) is 66.4 cm³/mol. The van der Waals surface area contributed by atoms with Gasteiger partial charge in [0.1, 0.15) is 0 Å². The summed E-state index contributed by atoms with van der Waals surface area (Å²) in [6, 6.07) is 5.88. The molecule has 3 rings (SSSR count). The van der Waals surface area contributed by atoms with Gasteiger partial charge in [0.05, 0.1) is 19.2 Å². The third-order valence-electron chi connectivity index (χ3n) is 2.68. The maximum absolute atomic E-state index is 11.3. The first-order valence-corrected chi connectivity index (χ1v) is 6.07. The summed E-state index contributed by atoms with van der Waals surface area (Å²) in [6.45, 7) is 0. The number of benzene rings is 1. The molecule has 0 unspecified atom stereocenters. The number of nitrogens with one attached hydrogen (secondary N) is 1. The number of fused-ring (bicyclic) bond motifs is 1. The van der Waals surface area contributed by atoms with Crippen LogP contribution in [0.3, 0.4) is 0 Å². The van der Waals surface area contributed by atoms with E-state index < -0.39 is 0 Å². The van der Waals surface area contributed by atoms with E-state index in [9.17, 15) is 4.79 Å². The molecule has 1 N–H and O–H groups in total. The molecule has 1 aromatic heterocycles. The molecular formula is C12H10N2O2S. The highest BCUT2D eigenvalue weighted by Crippen LogP contribution is 2.31. The van der Waals surface area contributed by atoms with Crippen LogP contribution in [0.2, 0.25) is 0 Å². The lowest BCUT2D eigenvalue weighted by molar-refractivity contribution is -0.115. The topological polar surface area (TPSA) is 51.2 Å². The van der Waals surface area contributed by atoms with Crippen molar-refractivity contribution in [2.24, 2.45) is 0 Å². The highest BCUT2D eigenvalue weighted by molar-refractivity contribution is 7.11. The third kappa shape index (κ3) is 1.78. The van der Waals surface area contributed by atoms with E-state index in [1.165, 1.54) is 11.3 Å². The van der Waals surface area contributed by atoms with Gasteiger partial charge in [-0.3, -0.25) is 4.79 Å². The first-order chi connectivity index (χ1) is 8.26. The van der Waals surface area contributed by atoms with E-state index in [1.807, 2.05) is 23.6 Å². The zero-order valence-corrected chi connectivity index (χ0v) is 10.0. The van der Waals surface area contributed by atoms with E-state index in [2.05, 4.69) is 10.3 Å². The van der Waals surface area contributed by atoms with Gasteiger partial charge < -0.3 is 10.1 Å². The van der Waals surface area contributed by atoms with Crippen LogP contribution in [0.15, 0.2) is 23.6 Å². The van der Waals surface area contributed by atoms with Gasteiger partial charge in [-0.2, -0.15) is 0 Å². The molecule has 0 aliphatic carbocycles. The lowest BCUT2D eigenvalue weighted by Crippen LogP contribution is -2.03. The van der Waals surface area contributed by atoms with Crippen molar-refractivity contribution in [1.82, 2.24) is 4.98 Å². The van der Waals surface area contributed by atoms with Crippen LogP contribution < -0.4 is 10.1 Å². The van der Waals surface area contributed by atoms with Crippen molar-refractivity contribution >= 4 is 22.9 Å². The fraction of sp³-hybridized carbons (Fsp3) is 0.167. The molecule has 1 aromatic carbocycles. The summed E-state index contributed by atoms with van der Waals surface area (Å²) in [5.74, 6) is 0.0491. The van der Waals surface area contributed by atoms with Gasteiger partial charge in [-0.1, -0.05) is 17.4 Å². The molecule has 17 heavy (non-hydrogen) atoms. The zero-order valence-electron chi connectivity index (χ0n) is 9.19. The lowest BCUT2D eigenvalue weighted by Gasteiger charge is -2.01. The van der Waals surface area contributed by atoms with Crippen molar-refractivity contribution in [3.05, 3.63) is 29.1 Å². The molecule has 0 fully saturated rings. The minimum absolute atomic E-state index is 0.0491. The Hall–Kier alpha value is -1.88. The summed E-state index contributed by atoms with van der Waals surface area (Å²) in [6.07, 6.45) is 0.449. The van der Waals surface area contributed by atoms with E-state index in [0.717, 1.165) is 22.5 Å². The number of nitrogens with zero attached hydrogens (tertiary/aromatic N) is 1. The monoisotopic (exact) mass is 246 g/mol. The number of amides is 1. The fourth-order valence-electron chi connectivity index (χ4n) is 1.87. The second kappa shape index (κ2) is 3.85. The first kappa shape index (κ1) is 10.3. The van der Waals surface area contributed by atoms with Crippen LogP contribution in [0.1, 0.15) is 5.56 Å². The van der Waals surface area contributed by atoms with Crippen LogP contribution in [0, 0.1) is 0 Å². The van der Waals surface area contributed by atoms with Crippen molar-refractivity contribution in [2.75, 3.05) is 12.4 Å². The minimum Gasteiger partial charge on any atom is -0.473 e. The average molecular weight is 246 g/mol. The van der Waals surface area contributed by atoms with E-state index >= 15 is 0 Å². The maximum atomic E-state index is 11.3. The molecule has 4 nitrogen and oxygen atoms in total. The van der Waals surface area contributed by atoms with Crippen LogP contribution in [0.25, 0.3) is 11.3 Å². The quantitative estimate of drug-likeness (QED) is 0.884. The summed E-state index contributed by atoms with van der Waals surface area (Å²) < 4.78 is 5.07. The molecule has 0 atom stereocenters. The molecule has 1 aliphatic heterocycles. The lowest BCUT2D eigenvalue weighted by atomic mass is 10.1. The number of carbonyl (C=O) groups excluding carboxylic acids is 1. The highest BCUT2D eigenvalue weighted by Gasteiger charge is 2.18. The number of hydrogen-bond donors (Lipinski definition) is 1. The Bertz CT molecular complexity index is 592. The third-order valence-corrected chi connectivity index (χ3v) is 3.48. The Balaban J connectivity index is 1.99. The van der Waals surface area contributed by atoms with Gasteiger partial charge >= 0.3 is 0 Å². The van der Waals surface area contributed by atoms with Gasteiger partial charge in [0.25, 0.3) is 5.19 Å². The van der Waals surface area contributed by atoms with Crippen LogP contribution >= 0.6 is 11.3 Å². The van der Waals surface area contributed by atoms with Gasteiger partial charge in [-0.25, -0.2) is 4.98 Å². The number of methoxy groups -OCH3 is 1. The molecule has 5 heteroatoms. The standard InChI is InChI=1S/C12H10N2O2S/c1-16-12-14-10(6-17-12)7-2-3-9-8(4-7)5-11(15)13-9/h2-4,6H,5H2,1H3,(H,13,15). The number of rotatable bonds is 2. The predicted octanol–water partition coefficient (Wildman–Crippen LogP) is 2.31. The van der Waals surface area contributed by atoms with Crippen LogP contribution in [-0.2, 0) is 11.2 Å². The highest BCUT2D eigenvalue weighted by atomic mass is 32.1. The summed E-state index contributed by atoms with van der Waals surface area (Å²) in [7, 11) is 1.61. The Labute approximate surface area is 102 Å². The second-order valence-corrected chi connectivity index (χ2v) is 4.62. The van der Waals surface area contributed by atoms with Crippen LogP contribution in [0.5, 0.6) is 5.19 Å². The SMILES string of the molecule is COc1nc(-c2ccc3c(c2)CC(=O)N3)cs1. The molecule has 0 radical (unpaired) electrons. The summed E-state index contributed by atoms with van der Waals surface area (Å²) >= 11 is 1.46. The Morgan fingerprint density at radius 2 is 2.35 bits per heavy atom. The van der Waals surface area contributed by atoms with Crippen molar-refractivity contribution < 1.29 is 9.53 Å². The number of anilines is 1. The van der Waals surface area contributed by atoms with Gasteiger partial charge in [-0.15, -0.1) is 0 Å². The maximum Gasteiger partial charge on any atom is 0.273 e. The molecule has 1 aliphatic rings. The number of ether oxygens (including phenoxy) is 1. The molecule has 2 aromatic rings. The Morgan fingerprint density at radius 1 is 1.47 bits per heavy atom. The van der Waals surface area contributed by atoms with Gasteiger partial charge in [0.2, 0.25) is 5.91 Å². The minimum atomic E-state index is 0.0491. The normalized spacial score (nSPS) is 13.4. The van der Waals surface area contributed by atoms with Gasteiger partial charge in [0.15, 0.2) is 0 Å². The van der Waals surface area contributed by atoms with Gasteiger partial charge in [-0.05, 0) is 17.7 Å². The Kier molecular flexibility index (Phi) is 2.33. The molecule has 0 saturated carbocycles. The molecule has 0 bridgehead atoms. The fourth-order valence-corrected chi connectivity index (χ4v) is 2.52. The summed E-state index contributed by atoms with van der Waals surface area (Å²) in [4.78, 5) is 15.6. The Morgan fingerprint density at radius 3 is 3.12 bits per heavy atom. The molecule has 0 spiro atoms. The van der Waals surface area contributed by atoms with Crippen molar-refractivity contribution in [1.29, 1.82) is 0 Å². The van der Waals surface area contributed by atoms with Crippen molar-refractivity contribution in [3.63, 3.8) is 0 Å². The average Bonchev–Trinajstić information content (AvgIpc) is 2.92. The molecule has 2 heterocycles. The number of aromatic nitrogens is 1. The zero-order chi connectivity index (χ0) is 11.8. The number of carbonyl (C=O) groups is 1. The van der Waals surface area contributed by atoms with Crippen LogP contribution in [-0.4, -0.2) is 18.0 Å².